The first-order valence-corrected chi connectivity index (χ1v) is 11.6. The summed E-state index contributed by atoms with van der Waals surface area (Å²) in [6, 6.07) is 9.42. The van der Waals surface area contributed by atoms with Gasteiger partial charge in [-0.05, 0) is 36.8 Å². The Morgan fingerprint density at radius 2 is 1.87 bits per heavy atom. The number of benzene rings is 1. The molecule has 0 fully saturated rings. The number of amides is 1. The van der Waals surface area contributed by atoms with E-state index in [1.807, 2.05) is 6.07 Å². The number of nitriles is 1. The number of nitrogens with zero attached hydrogens (tertiary/aromatic N) is 4. The minimum absolute atomic E-state index is 0.0606. The van der Waals surface area contributed by atoms with Crippen LogP contribution in [0.2, 0.25) is 5.02 Å². The number of halogens is 1. The van der Waals surface area contributed by atoms with E-state index in [1.54, 1.807) is 39.0 Å². The van der Waals surface area contributed by atoms with E-state index in [1.165, 1.54) is 21.5 Å². The van der Waals surface area contributed by atoms with Crippen LogP contribution in [0.3, 0.4) is 0 Å². The predicted octanol–water partition coefficient (Wildman–Crippen LogP) is 2.79. The summed E-state index contributed by atoms with van der Waals surface area (Å²) in [5.41, 5.74) is 0.805. The molecular formula is C21H25ClN4O4S. The lowest BCUT2D eigenvalue weighted by Crippen LogP contribution is -2.37. The van der Waals surface area contributed by atoms with Crippen molar-refractivity contribution >= 4 is 33.2 Å². The van der Waals surface area contributed by atoms with Crippen LogP contribution >= 0.6 is 11.6 Å². The van der Waals surface area contributed by atoms with Gasteiger partial charge in [0.25, 0.3) is 5.56 Å². The molecule has 8 nitrogen and oxygen atoms in total. The molecule has 0 saturated carbocycles. The maximum Gasteiger partial charge on any atom is 0.251 e. The molecule has 31 heavy (non-hydrogen) atoms. The number of aromatic nitrogens is 1. The second kappa shape index (κ2) is 10.6. The van der Waals surface area contributed by atoms with Crippen LogP contribution < -0.4 is 10.5 Å². The van der Waals surface area contributed by atoms with Gasteiger partial charge in [0.15, 0.2) is 0 Å². The molecule has 2 rings (SSSR count). The van der Waals surface area contributed by atoms with Gasteiger partial charge in [-0.1, -0.05) is 25.4 Å². The summed E-state index contributed by atoms with van der Waals surface area (Å²) in [7, 11) is -3.78. The van der Waals surface area contributed by atoms with Crippen molar-refractivity contribution in [1.82, 2.24) is 8.87 Å². The zero-order chi connectivity index (χ0) is 23.2. The first kappa shape index (κ1) is 24.6. The quantitative estimate of drug-likeness (QED) is 0.567. The molecule has 0 N–H and O–H groups in total. The summed E-state index contributed by atoms with van der Waals surface area (Å²) in [6.45, 7) is 5.58. The minimum atomic E-state index is -3.78. The Hall–Kier alpha value is -2.67. The molecule has 166 valence electrons. The Labute approximate surface area is 187 Å². The summed E-state index contributed by atoms with van der Waals surface area (Å²) < 4.78 is 27.9. The summed E-state index contributed by atoms with van der Waals surface area (Å²) >= 11 is 6.07. The van der Waals surface area contributed by atoms with Crippen LogP contribution in [0.4, 0.5) is 5.69 Å². The van der Waals surface area contributed by atoms with Crippen LogP contribution in [0.25, 0.3) is 0 Å². The SMILES string of the molecule is CCN(CC)S(=O)(=O)c1ccc(=O)n(CC(=O)N(CCC#N)c2ccc(Cl)c(C)c2)c1. The van der Waals surface area contributed by atoms with E-state index >= 15 is 0 Å². The molecule has 1 heterocycles. The molecule has 0 saturated heterocycles. The third-order valence-corrected chi connectivity index (χ3v) is 7.26. The van der Waals surface area contributed by atoms with Gasteiger partial charge in [-0.3, -0.25) is 9.59 Å². The van der Waals surface area contributed by atoms with Crippen molar-refractivity contribution < 1.29 is 13.2 Å². The van der Waals surface area contributed by atoms with Gasteiger partial charge in [-0.2, -0.15) is 9.57 Å². The Morgan fingerprint density at radius 1 is 1.19 bits per heavy atom. The Kier molecular flexibility index (Phi) is 8.39. The van der Waals surface area contributed by atoms with Gasteiger partial charge < -0.3 is 9.47 Å². The molecule has 0 aliphatic heterocycles. The van der Waals surface area contributed by atoms with Crippen LogP contribution in [-0.4, -0.2) is 42.8 Å². The lowest BCUT2D eigenvalue weighted by Gasteiger charge is -2.23. The monoisotopic (exact) mass is 464 g/mol. The normalized spacial score (nSPS) is 11.4. The second-order valence-corrected chi connectivity index (χ2v) is 9.15. The molecule has 1 aromatic carbocycles. The third-order valence-electron chi connectivity index (χ3n) is 4.81. The van der Waals surface area contributed by atoms with Gasteiger partial charge >= 0.3 is 0 Å². The van der Waals surface area contributed by atoms with Crippen molar-refractivity contribution in [3.05, 3.63) is 57.5 Å². The van der Waals surface area contributed by atoms with Gasteiger partial charge in [-0.15, -0.1) is 0 Å². The molecule has 2 aromatic rings. The van der Waals surface area contributed by atoms with E-state index in [4.69, 9.17) is 16.9 Å². The lowest BCUT2D eigenvalue weighted by molar-refractivity contribution is -0.119. The second-order valence-electron chi connectivity index (χ2n) is 6.81. The van der Waals surface area contributed by atoms with Gasteiger partial charge in [0.05, 0.1) is 17.4 Å². The molecule has 1 amide bonds. The Bertz CT molecular complexity index is 1150. The van der Waals surface area contributed by atoms with Crippen LogP contribution in [0, 0.1) is 18.3 Å². The summed E-state index contributed by atoms with van der Waals surface area (Å²) in [5, 5.41) is 9.51. The van der Waals surface area contributed by atoms with E-state index < -0.39 is 21.5 Å². The highest BCUT2D eigenvalue weighted by molar-refractivity contribution is 7.89. The van der Waals surface area contributed by atoms with Crippen molar-refractivity contribution in [2.45, 2.75) is 38.6 Å². The standard InChI is InChI=1S/C21H25ClN4O4S/c1-4-25(5-2)31(29,30)18-8-10-20(27)24(14-18)15-21(28)26(12-6-11-23)17-7-9-19(22)16(3)13-17/h7-10,13-14H,4-6,12,15H2,1-3H3. The van der Waals surface area contributed by atoms with Crippen LogP contribution in [0.15, 0.2) is 46.2 Å². The molecule has 0 bridgehead atoms. The topological polar surface area (TPSA) is 103 Å². The van der Waals surface area contributed by atoms with E-state index in [-0.39, 0.29) is 37.5 Å². The Balaban J connectivity index is 2.40. The molecule has 0 unspecified atom stereocenters. The average molecular weight is 465 g/mol. The number of hydrogen-bond donors (Lipinski definition) is 0. The largest absolute Gasteiger partial charge is 0.310 e. The number of anilines is 1. The number of aryl methyl sites for hydroxylation is 1. The fraction of sp³-hybridized carbons (Fsp3) is 0.381. The lowest BCUT2D eigenvalue weighted by atomic mass is 10.2. The van der Waals surface area contributed by atoms with Crippen molar-refractivity contribution in [1.29, 1.82) is 5.26 Å². The molecule has 0 aliphatic rings. The Morgan fingerprint density at radius 3 is 2.45 bits per heavy atom. The number of carbonyl (C=O) groups excluding carboxylic acids is 1. The van der Waals surface area contributed by atoms with Crippen molar-refractivity contribution in [3.8, 4) is 6.07 Å². The molecule has 1 aromatic heterocycles. The van der Waals surface area contributed by atoms with Crippen molar-refractivity contribution in [3.63, 3.8) is 0 Å². The summed E-state index contributed by atoms with van der Waals surface area (Å²) in [4.78, 5) is 26.7. The van der Waals surface area contributed by atoms with Gasteiger partial charge in [0.1, 0.15) is 6.54 Å². The fourth-order valence-electron chi connectivity index (χ4n) is 3.09. The molecule has 0 aliphatic carbocycles. The minimum Gasteiger partial charge on any atom is -0.310 e. The summed E-state index contributed by atoms with van der Waals surface area (Å²) in [5.74, 6) is -0.448. The predicted molar refractivity (Wildman–Crippen MR) is 120 cm³/mol. The summed E-state index contributed by atoms with van der Waals surface area (Å²) in [6.07, 6.45) is 1.28. The van der Waals surface area contributed by atoms with Gasteiger partial charge in [0.2, 0.25) is 15.9 Å². The highest BCUT2D eigenvalue weighted by Crippen LogP contribution is 2.23. The molecular weight excluding hydrogens is 440 g/mol. The van der Waals surface area contributed by atoms with Crippen LogP contribution in [0.5, 0.6) is 0 Å². The van der Waals surface area contributed by atoms with Crippen LogP contribution in [0.1, 0.15) is 25.8 Å². The smallest absolute Gasteiger partial charge is 0.251 e. The number of rotatable bonds is 9. The van der Waals surface area contributed by atoms with E-state index in [9.17, 15) is 18.0 Å². The molecule has 10 heteroatoms. The number of hydrogen-bond acceptors (Lipinski definition) is 5. The molecule has 0 spiro atoms. The van der Waals surface area contributed by atoms with Crippen molar-refractivity contribution in [2.24, 2.45) is 0 Å². The highest BCUT2D eigenvalue weighted by atomic mass is 35.5. The van der Waals surface area contributed by atoms with E-state index in [2.05, 4.69) is 0 Å². The maximum absolute atomic E-state index is 13.0. The first-order valence-electron chi connectivity index (χ1n) is 9.79. The maximum atomic E-state index is 13.0. The van der Waals surface area contributed by atoms with Gasteiger partial charge in [-0.25, -0.2) is 8.42 Å². The zero-order valence-electron chi connectivity index (χ0n) is 17.7. The van der Waals surface area contributed by atoms with E-state index in [0.29, 0.717) is 10.7 Å². The molecule has 0 radical (unpaired) electrons. The van der Waals surface area contributed by atoms with Crippen molar-refractivity contribution in [2.75, 3.05) is 24.5 Å². The zero-order valence-corrected chi connectivity index (χ0v) is 19.3. The van der Waals surface area contributed by atoms with Gasteiger partial charge in [0, 0.05) is 42.6 Å². The number of pyridine rings is 1. The van der Waals surface area contributed by atoms with E-state index in [0.717, 1.165) is 16.2 Å². The number of carbonyl (C=O) groups is 1. The van der Waals surface area contributed by atoms with Crippen LogP contribution in [-0.2, 0) is 21.4 Å². The highest BCUT2D eigenvalue weighted by Gasteiger charge is 2.23. The fourth-order valence-corrected chi connectivity index (χ4v) is 4.68. The first-order chi connectivity index (χ1) is 14.6. The number of sulfonamides is 1. The molecule has 0 atom stereocenters. The third kappa shape index (κ3) is 5.73. The average Bonchev–Trinajstić information content (AvgIpc) is 2.73.